The van der Waals surface area contributed by atoms with Crippen LogP contribution < -0.4 is 20.9 Å². The molecule has 2 aromatic carbocycles. The molecule has 148 valence electrons. The van der Waals surface area contributed by atoms with Crippen molar-refractivity contribution in [1.82, 2.24) is 13.9 Å². The Morgan fingerprint density at radius 2 is 1.83 bits per heavy atom. The largest absolute Gasteiger partial charge is 0.497 e. The molecule has 0 saturated heterocycles. The van der Waals surface area contributed by atoms with Gasteiger partial charge in [0.25, 0.3) is 0 Å². The fourth-order valence-electron chi connectivity index (χ4n) is 4.30. The van der Waals surface area contributed by atoms with Crippen LogP contribution in [0.3, 0.4) is 0 Å². The van der Waals surface area contributed by atoms with Crippen molar-refractivity contribution in [2.75, 3.05) is 7.11 Å². The summed E-state index contributed by atoms with van der Waals surface area (Å²) in [5.74, 6) is 1.33. The van der Waals surface area contributed by atoms with Gasteiger partial charge in [-0.15, -0.1) is 0 Å². The van der Waals surface area contributed by atoms with E-state index in [9.17, 15) is 9.59 Å². The third-order valence-electron chi connectivity index (χ3n) is 5.67. The van der Waals surface area contributed by atoms with Crippen molar-refractivity contribution in [1.29, 1.82) is 0 Å². The summed E-state index contributed by atoms with van der Waals surface area (Å²) in [4.78, 5) is 26.6. The SMILES string of the molecule is COc1ccc2c(c1)OC(C)(C)C1=CCn3c(=O)n(-c4ccccc4)c(=O)n3C12. The number of hydrogen-bond acceptors (Lipinski definition) is 4. The number of aromatic nitrogens is 3. The highest BCUT2D eigenvalue weighted by atomic mass is 16.5. The molecule has 0 saturated carbocycles. The molecule has 3 heterocycles. The molecule has 0 aliphatic carbocycles. The highest BCUT2D eigenvalue weighted by Crippen LogP contribution is 2.47. The lowest BCUT2D eigenvalue weighted by atomic mass is 9.83. The van der Waals surface area contributed by atoms with Crippen molar-refractivity contribution >= 4 is 0 Å². The number of benzene rings is 2. The van der Waals surface area contributed by atoms with Gasteiger partial charge < -0.3 is 9.47 Å². The van der Waals surface area contributed by atoms with E-state index >= 15 is 0 Å². The number of nitrogens with zero attached hydrogens (tertiary/aromatic N) is 3. The number of rotatable bonds is 2. The summed E-state index contributed by atoms with van der Waals surface area (Å²) in [5.41, 5.74) is 1.01. The molecular formula is C22H21N3O4. The maximum Gasteiger partial charge on any atom is 0.352 e. The standard InChI is InChI=1S/C22H21N3O4/c1-22(2)17-11-12-23-20(26)24(14-7-5-4-6-8-14)21(27)25(23)19(17)16-10-9-15(28-3)13-18(16)29-22/h4-11,13,19H,12H2,1-3H3. The first-order chi connectivity index (χ1) is 13.9. The number of allylic oxidation sites excluding steroid dienone is 1. The zero-order valence-electron chi connectivity index (χ0n) is 16.5. The number of ether oxygens (including phenoxy) is 2. The third-order valence-corrected chi connectivity index (χ3v) is 5.67. The lowest BCUT2D eigenvalue weighted by Gasteiger charge is -2.42. The molecule has 2 aliphatic rings. The third kappa shape index (κ3) is 2.43. The van der Waals surface area contributed by atoms with Crippen LogP contribution in [0.4, 0.5) is 0 Å². The van der Waals surface area contributed by atoms with Crippen LogP contribution in [0, 0.1) is 0 Å². The first-order valence-electron chi connectivity index (χ1n) is 9.49. The molecule has 1 atom stereocenters. The van der Waals surface area contributed by atoms with E-state index in [0.29, 0.717) is 23.7 Å². The maximum atomic E-state index is 13.4. The summed E-state index contributed by atoms with van der Waals surface area (Å²) >= 11 is 0. The van der Waals surface area contributed by atoms with Crippen LogP contribution in [-0.2, 0) is 6.54 Å². The molecule has 29 heavy (non-hydrogen) atoms. The minimum absolute atomic E-state index is 0.317. The molecule has 0 bridgehead atoms. The number of para-hydroxylation sites is 1. The molecule has 3 aromatic rings. The van der Waals surface area contributed by atoms with Gasteiger partial charge in [0.1, 0.15) is 23.1 Å². The van der Waals surface area contributed by atoms with Crippen LogP contribution in [0.2, 0.25) is 0 Å². The van der Waals surface area contributed by atoms with Gasteiger partial charge in [-0.3, -0.25) is 0 Å². The van der Waals surface area contributed by atoms with Crippen molar-refractivity contribution in [3.63, 3.8) is 0 Å². The first kappa shape index (κ1) is 17.6. The van der Waals surface area contributed by atoms with Gasteiger partial charge in [-0.05, 0) is 43.7 Å². The molecule has 7 nitrogen and oxygen atoms in total. The van der Waals surface area contributed by atoms with E-state index < -0.39 is 11.6 Å². The van der Waals surface area contributed by atoms with E-state index in [-0.39, 0.29) is 11.4 Å². The molecule has 1 aromatic heterocycles. The second kappa shape index (κ2) is 6.01. The van der Waals surface area contributed by atoms with Crippen molar-refractivity contribution in [3.05, 3.63) is 86.7 Å². The second-order valence-corrected chi connectivity index (χ2v) is 7.74. The van der Waals surface area contributed by atoms with Gasteiger partial charge in [-0.1, -0.05) is 24.3 Å². The number of methoxy groups -OCH3 is 1. The second-order valence-electron chi connectivity index (χ2n) is 7.74. The van der Waals surface area contributed by atoms with Gasteiger partial charge >= 0.3 is 11.4 Å². The molecule has 1 unspecified atom stereocenters. The monoisotopic (exact) mass is 391 g/mol. The van der Waals surface area contributed by atoms with Crippen LogP contribution in [0.1, 0.15) is 25.5 Å². The smallest absolute Gasteiger partial charge is 0.352 e. The van der Waals surface area contributed by atoms with Crippen molar-refractivity contribution < 1.29 is 9.47 Å². The minimum Gasteiger partial charge on any atom is -0.497 e. The van der Waals surface area contributed by atoms with Gasteiger partial charge in [0, 0.05) is 11.6 Å². The molecule has 2 aliphatic heterocycles. The number of hydrogen-bond donors (Lipinski definition) is 0. The van der Waals surface area contributed by atoms with Gasteiger partial charge in [-0.2, -0.15) is 0 Å². The fraction of sp³-hybridized carbons (Fsp3) is 0.273. The maximum absolute atomic E-state index is 13.4. The van der Waals surface area contributed by atoms with Crippen LogP contribution in [-0.4, -0.2) is 26.6 Å². The Kier molecular flexibility index (Phi) is 3.65. The van der Waals surface area contributed by atoms with Gasteiger partial charge in [-0.25, -0.2) is 23.5 Å². The van der Waals surface area contributed by atoms with E-state index in [1.807, 2.05) is 56.3 Å². The Morgan fingerprint density at radius 1 is 1.07 bits per heavy atom. The fourth-order valence-corrected chi connectivity index (χ4v) is 4.30. The zero-order chi connectivity index (χ0) is 20.3. The lowest BCUT2D eigenvalue weighted by molar-refractivity contribution is 0.113. The molecule has 7 heteroatoms. The average molecular weight is 391 g/mol. The Hall–Kier alpha value is -3.48. The summed E-state index contributed by atoms with van der Waals surface area (Å²) in [6.07, 6.45) is 1.99. The average Bonchev–Trinajstić information content (AvgIpc) is 2.98. The Balaban J connectivity index is 1.79. The molecule has 5 rings (SSSR count). The predicted molar refractivity (Wildman–Crippen MR) is 108 cm³/mol. The molecule has 0 spiro atoms. The topological polar surface area (TPSA) is 67.4 Å². The Labute approximate surface area is 167 Å². The van der Waals surface area contributed by atoms with E-state index in [0.717, 1.165) is 11.1 Å². The van der Waals surface area contributed by atoms with Gasteiger partial charge in [0.2, 0.25) is 0 Å². The summed E-state index contributed by atoms with van der Waals surface area (Å²) < 4.78 is 15.9. The van der Waals surface area contributed by atoms with E-state index in [4.69, 9.17) is 9.47 Å². The summed E-state index contributed by atoms with van der Waals surface area (Å²) in [5, 5.41) is 0. The molecule has 0 N–H and O–H groups in total. The number of fused-ring (bicyclic) bond motifs is 5. The molecule has 0 radical (unpaired) electrons. The van der Waals surface area contributed by atoms with Crippen molar-refractivity contribution in [3.8, 4) is 17.2 Å². The van der Waals surface area contributed by atoms with Crippen LogP contribution >= 0.6 is 0 Å². The zero-order valence-corrected chi connectivity index (χ0v) is 16.5. The van der Waals surface area contributed by atoms with E-state index in [1.54, 1.807) is 23.9 Å². The van der Waals surface area contributed by atoms with Gasteiger partial charge in [0.05, 0.1) is 19.3 Å². The van der Waals surface area contributed by atoms with E-state index in [2.05, 4.69) is 0 Å². The van der Waals surface area contributed by atoms with Crippen molar-refractivity contribution in [2.45, 2.75) is 32.0 Å². The predicted octanol–water partition coefficient (Wildman–Crippen LogP) is 2.51. The van der Waals surface area contributed by atoms with Crippen molar-refractivity contribution in [2.24, 2.45) is 0 Å². The molecule has 0 amide bonds. The lowest BCUT2D eigenvalue weighted by Crippen LogP contribution is -2.46. The Bertz CT molecular complexity index is 1260. The van der Waals surface area contributed by atoms with Gasteiger partial charge in [0.15, 0.2) is 0 Å². The summed E-state index contributed by atoms with van der Waals surface area (Å²) in [6.45, 7) is 4.26. The summed E-state index contributed by atoms with van der Waals surface area (Å²) in [6, 6.07) is 14.1. The normalized spacial score (nSPS) is 18.7. The highest BCUT2D eigenvalue weighted by molar-refractivity contribution is 5.51. The molecular weight excluding hydrogens is 370 g/mol. The Morgan fingerprint density at radius 3 is 2.55 bits per heavy atom. The molecule has 0 fully saturated rings. The van der Waals surface area contributed by atoms with Crippen LogP contribution in [0.5, 0.6) is 11.5 Å². The quantitative estimate of drug-likeness (QED) is 0.630. The minimum atomic E-state index is -0.625. The van der Waals surface area contributed by atoms with Crippen LogP contribution in [0.25, 0.3) is 5.69 Å². The van der Waals surface area contributed by atoms with E-state index in [1.165, 1.54) is 9.25 Å². The summed E-state index contributed by atoms with van der Waals surface area (Å²) in [7, 11) is 1.60. The highest BCUT2D eigenvalue weighted by Gasteiger charge is 2.43. The van der Waals surface area contributed by atoms with Crippen LogP contribution in [0.15, 0.2) is 69.8 Å². The first-order valence-corrected chi connectivity index (χ1v) is 9.49.